The molecule has 2 aromatic rings. The predicted octanol–water partition coefficient (Wildman–Crippen LogP) is 1.75. The van der Waals surface area contributed by atoms with Crippen molar-refractivity contribution in [2.24, 2.45) is 0 Å². The minimum absolute atomic E-state index is 0.148. The van der Waals surface area contributed by atoms with E-state index in [-0.39, 0.29) is 6.03 Å². The Labute approximate surface area is 116 Å². The van der Waals surface area contributed by atoms with Crippen LogP contribution in [0.15, 0.2) is 36.5 Å². The molecule has 0 aliphatic carbocycles. The highest BCUT2D eigenvalue weighted by atomic mass is 16.2. The normalized spacial score (nSPS) is 13.7. The summed E-state index contributed by atoms with van der Waals surface area (Å²) in [6.45, 7) is 1.12. The maximum absolute atomic E-state index is 11.6. The molecule has 0 bridgehead atoms. The fraction of sp³-hybridized carbons (Fsp3) is 0.214. The van der Waals surface area contributed by atoms with E-state index >= 15 is 0 Å². The van der Waals surface area contributed by atoms with Crippen LogP contribution in [0.3, 0.4) is 0 Å². The molecule has 102 valence electrons. The lowest BCUT2D eigenvalue weighted by Crippen LogP contribution is -2.42. The summed E-state index contributed by atoms with van der Waals surface area (Å²) in [6, 6.07) is 9.87. The maximum Gasteiger partial charge on any atom is 0.323 e. The van der Waals surface area contributed by atoms with Gasteiger partial charge in [0.05, 0.1) is 0 Å². The third-order valence-electron chi connectivity index (χ3n) is 3.19. The second-order valence-electron chi connectivity index (χ2n) is 4.60. The second kappa shape index (κ2) is 5.16. The molecule has 2 amide bonds. The molecular formula is C14H15N5O. The van der Waals surface area contributed by atoms with Crippen molar-refractivity contribution in [1.29, 1.82) is 0 Å². The van der Waals surface area contributed by atoms with Gasteiger partial charge in [0.25, 0.3) is 0 Å². The Morgan fingerprint density at radius 1 is 1.35 bits per heavy atom. The molecule has 6 nitrogen and oxygen atoms in total. The summed E-state index contributed by atoms with van der Waals surface area (Å²) in [5, 5.41) is 5.92. The summed E-state index contributed by atoms with van der Waals surface area (Å²) in [5.74, 6) is 1.17. The third kappa shape index (κ3) is 2.40. The predicted molar refractivity (Wildman–Crippen MR) is 76.4 cm³/mol. The molecule has 20 heavy (non-hydrogen) atoms. The molecule has 0 fully saturated rings. The van der Waals surface area contributed by atoms with Crippen LogP contribution in [0.5, 0.6) is 0 Å². The highest BCUT2D eigenvalue weighted by molar-refractivity contribution is 5.93. The largest absolute Gasteiger partial charge is 0.350 e. The number of aromatic nitrogens is 2. The molecule has 6 heteroatoms. The van der Waals surface area contributed by atoms with E-state index in [0.29, 0.717) is 24.9 Å². The summed E-state index contributed by atoms with van der Waals surface area (Å²) in [6.07, 6.45) is 1.74. The molecule has 1 aromatic carbocycles. The first-order valence-electron chi connectivity index (χ1n) is 6.39. The van der Waals surface area contributed by atoms with Gasteiger partial charge in [-0.2, -0.15) is 4.98 Å². The van der Waals surface area contributed by atoms with Crippen LogP contribution in [0, 0.1) is 0 Å². The van der Waals surface area contributed by atoms with Gasteiger partial charge in [0, 0.05) is 31.9 Å². The molecule has 0 spiro atoms. The van der Waals surface area contributed by atoms with Gasteiger partial charge < -0.3 is 10.6 Å². The molecule has 2 heterocycles. The molecule has 1 aliphatic heterocycles. The zero-order chi connectivity index (χ0) is 13.9. The van der Waals surface area contributed by atoms with E-state index < -0.39 is 0 Å². The van der Waals surface area contributed by atoms with Gasteiger partial charge in [-0.25, -0.2) is 9.78 Å². The van der Waals surface area contributed by atoms with Gasteiger partial charge in [0.1, 0.15) is 5.82 Å². The number of nitrogens with zero attached hydrogens (tertiary/aromatic N) is 3. The van der Waals surface area contributed by atoms with Crippen molar-refractivity contribution < 1.29 is 4.79 Å². The Morgan fingerprint density at radius 3 is 2.95 bits per heavy atom. The number of rotatable bonds is 3. The smallest absolute Gasteiger partial charge is 0.323 e. The number of urea groups is 1. The molecule has 0 unspecified atom stereocenters. The van der Waals surface area contributed by atoms with Crippen molar-refractivity contribution >= 4 is 17.8 Å². The van der Waals surface area contributed by atoms with Gasteiger partial charge in [-0.15, -0.1) is 0 Å². The Balaban J connectivity index is 1.77. The van der Waals surface area contributed by atoms with Gasteiger partial charge in [-0.1, -0.05) is 30.3 Å². The van der Waals surface area contributed by atoms with Crippen LogP contribution < -0.4 is 15.5 Å². The van der Waals surface area contributed by atoms with Crippen molar-refractivity contribution in [3.05, 3.63) is 47.7 Å². The number of nitrogens with one attached hydrogen (secondary N) is 2. The fourth-order valence-electron chi connectivity index (χ4n) is 2.06. The average Bonchev–Trinajstić information content (AvgIpc) is 2.50. The Kier molecular flexibility index (Phi) is 3.20. The van der Waals surface area contributed by atoms with Gasteiger partial charge >= 0.3 is 6.03 Å². The van der Waals surface area contributed by atoms with E-state index in [0.717, 1.165) is 11.1 Å². The SMILES string of the molecule is CN1C(=O)NCc2cnc(NCc3ccccc3)nc21. The highest BCUT2D eigenvalue weighted by Gasteiger charge is 2.22. The lowest BCUT2D eigenvalue weighted by Gasteiger charge is -2.25. The van der Waals surface area contributed by atoms with E-state index in [9.17, 15) is 4.79 Å². The van der Waals surface area contributed by atoms with Crippen LogP contribution in [0.2, 0.25) is 0 Å². The van der Waals surface area contributed by atoms with Crippen LogP contribution >= 0.6 is 0 Å². The topological polar surface area (TPSA) is 70.2 Å². The third-order valence-corrected chi connectivity index (χ3v) is 3.19. The van der Waals surface area contributed by atoms with Gasteiger partial charge in [-0.3, -0.25) is 4.90 Å². The van der Waals surface area contributed by atoms with Gasteiger partial charge in [0.15, 0.2) is 0 Å². The molecule has 0 saturated carbocycles. The maximum atomic E-state index is 11.6. The van der Waals surface area contributed by atoms with Crippen molar-refractivity contribution in [1.82, 2.24) is 15.3 Å². The molecule has 0 saturated heterocycles. The van der Waals surface area contributed by atoms with Crippen LogP contribution in [0.1, 0.15) is 11.1 Å². The summed E-state index contributed by atoms with van der Waals surface area (Å²) in [7, 11) is 1.70. The van der Waals surface area contributed by atoms with E-state index in [1.165, 1.54) is 4.90 Å². The number of hydrogen-bond acceptors (Lipinski definition) is 4. The summed E-state index contributed by atoms with van der Waals surface area (Å²) in [4.78, 5) is 21.7. The van der Waals surface area contributed by atoms with E-state index in [4.69, 9.17) is 0 Å². The second-order valence-corrected chi connectivity index (χ2v) is 4.60. The van der Waals surface area contributed by atoms with Crippen molar-refractivity contribution in [2.75, 3.05) is 17.3 Å². The van der Waals surface area contributed by atoms with Crippen LogP contribution in [0.4, 0.5) is 16.6 Å². The standard InChI is InChI=1S/C14H15N5O/c1-19-12-11(9-17-14(19)20)8-16-13(18-12)15-7-10-5-3-2-4-6-10/h2-6,8H,7,9H2,1H3,(H,17,20)(H,15,16,18). The number of carbonyl (C=O) groups is 1. The highest BCUT2D eigenvalue weighted by Crippen LogP contribution is 2.21. The monoisotopic (exact) mass is 269 g/mol. The zero-order valence-corrected chi connectivity index (χ0v) is 11.1. The summed E-state index contributed by atoms with van der Waals surface area (Å²) in [5.41, 5.74) is 2.07. The molecule has 3 rings (SSSR count). The average molecular weight is 269 g/mol. The number of carbonyl (C=O) groups excluding carboxylic acids is 1. The fourth-order valence-corrected chi connectivity index (χ4v) is 2.06. The van der Waals surface area contributed by atoms with Gasteiger partial charge in [-0.05, 0) is 5.56 Å². The molecular weight excluding hydrogens is 254 g/mol. The Morgan fingerprint density at radius 2 is 2.15 bits per heavy atom. The number of benzene rings is 1. The first kappa shape index (κ1) is 12.4. The number of hydrogen-bond donors (Lipinski definition) is 2. The Bertz CT molecular complexity index is 629. The van der Waals surface area contributed by atoms with Crippen LogP contribution in [-0.4, -0.2) is 23.0 Å². The van der Waals surface area contributed by atoms with Gasteiger partial charge in [0.2, 0.25) is 5.95 Å². The zero-order valence-electron chi connectivity index (χ0n) is 11.1. The lowest BCUT2D eigenvalue weighted by atomic mass is 10.2. The van der Waals surface area contributed by atoms with Crippen molar-refractivity contribution in [2.45, 2.75) is 13.1 Å². The van der Waals surface area contributed by atoms with Crippen LogP contribution in [-0.2, 0) is 13.1 Å². The summed E-state index contributed by atoms with van der Waals surface area (Å²) < 4.78 is 0. The molecule has 0 atom stereocenters. The number of fused-ring (bicyclic) bond motifs is 1. The summed E-state index contributed by atoms with van der Waals surface area (Å²) >= 11 is 0. The van der Waals surface area contributed by atoms with Crippen molar-refractivity contribution in [3.8, 4) is 0 Å². The quantitative estimate of drug-likeness (QED) is 0.890. The molecule has 2 N–H and O–H groups in total. The molecule has 1 aromatic heterocycles. The number of anilines is 2. The van der Waals surface area contributed by atoms with Crippen LogP contribution in [0.25, 0.3) is 0 Å². The number of amides is 2. The molecule has 0 radical (unpaired) electrons. The Hall–Kier alpha value is -2.63. The lowest BCUT2D eigenvalue weighted by molar-refractivity contribution is 0.245. The minimum atomic E-state index is -0.148. The first-order valence-corrected chi connectivity index (χ1v) is 6.39. The van der Waals surface area contributed by atoms with Crippen molar-refractivity contribution in [3.63, 3.8) is 0 Å². The molecule has 1 aliphatic rings. The van der Waals surface area contributed by atoms with E-state index in [1.54, 1.807) is 13.2 Å². The minimum Gasteiger partial charge on any atom is -0.350 e. The van der Waals surface area contributed by atoms with E-state index in [2.05, 4.69) is 20.6 Å². The van der Waals surface area contributed by atoms with E-state index in [1.807, 2.05) is 30.3 Å². The first-order chi connectivity index (χ1) is 9.74.